The number of hydrogen-bond acceptors (Lipinski definition) is 6. The molecule has 0 saturated carbocycles. The Balaban J connectivity index is 2.44. The lowest BCUT2D eigenvalue weighted by atomic mass is 9.68. The Morgan fingerprint density at radius 1 is 1.22 bits per heavy atom. The molecule has 0 bridgehead atoms. The number of ether oxygens (including phenoxy) is 3. The molecule has 0 N–H and O–H groups in total. The Morgan fingerprint density at radius 2 is 1.84 bits per heavy atom. The molecule has 2 atom stereocenters. The number of methoxy groups -OCH3 is 1. The number of carbonyl (C=O) groups is 3. The van der Waals surface area contributed by atoms with E-state index in [9.17, 15) is 14.4 Å². The highest BCUT2D eigenvalue weighted by molar-refractivity contribution is 6.76. The van der Waals surface area contributed by atoms with E-state index < -0.39 is 37.2 Å². The fourth-order valence-electron chi connectivity index (χ4n) is 3.67. The van der Waals surface area contributed by atoms with E-state index in [1.807, 2.05) is 6.07 Å². The average Bonchev–Trinajstić information content (AvgIpc) is 2.67. The lowest BCUT2D eigenvalue weighted by Gasteiger charge is -2.40. The van der Waals surface area contributed by atoms with E-state index in [-0.39, 0.29) is 18.8 Å². The van der Waals surface area contributed by atoms with Crippen LogP contribution in [0.5, 0.6) is 5.75 Å². The normalized spacial score (nSPS) is 20.9. The van der Waals surface area contributed by atoms with Crippen LogP contribution in [0.25, 0.3) is 0 Å². The molecule has 1 amide bonds. The van der Waals surface area contributed by atoms with Crippen LogP contribution < -0.4 is 4.74 Å². The number of likely N-dealkylation sites (N-methyl/N-ethyl adjacent to an activating group) is 1. The third kappa shape index (κ3) is 5.71. The molecular weight excluding hydrogens is 426 g/mol. The molecule has 1 aliphatic carbocycles. The standard InChI is InChI=1S/C24H37NO6Si/c1-23(2,3)31-22(28)25(5)19-14-16-10-11-17(29-6)15-18(16)24(4,20(19)26)21(27)30-12-13-32(7,8)9/h10-11,15,19H,12-14H2,1-9H3/t19-,24-/m1/s1. The predicted molar refractivity (Wildman–Crippen MR) is 126 cm³/mol. The van der Waals surface area contributed by atoms with Crippen LogP contribution in [-0.4, -0.2) is 63.2 Å². The molecule has 0 saturated heterocycles. The van der Waals surface area contributed by atoms with Crippen molar-refractivity contribution in [3.8, 4) is 5.75 Å². The number of esters is 1. The quantitative estimate of drug-likeness (QED) is 0.357. The van der Waals surface area contributed by atoms with Crippen LogP contribution in [0.15, 0.2) is 18.2 Å². The largest absolute Gasteiger partial charge is 0.497 e. The second-order valence-electron chi connectivity index (χ2n) is 10.8. The number of rotatable bonds is 6. The van der Waals surface area contributed by atoms with Gasteiger partial charge in [0.2, 0.25) is 0 Å². The van der Waals surface area contributed by atoms with Crippen molar-refractivity contribution < 1.29 is 28.6 Å². The van der Waals surface area contributed by atoms with Crippen molar-refractivity contribution in [2.45, 2.75) is 76.9 Å². The summed E-state index contributed by atoms with van der Waals surface area (Å²) in [5, 5.41) is 0. The van der Waals surface area contributed by atoms with Crippen LogP contribution in [0.4, 0.5) is 4.79 Å². The Morgan fingerprint density at radius 3 is 2.38 bits per heavy atom. The first-order valence-electron chi connectivity index (χ1n) is 10.9. The van der Waals surface area contributed by atoms with Crippen LogP contribution in [0.2, 0.25) is 25.7 Å². The molecule has 1 aromatic carbocycles. The fourth-order valence-corrected chi connectivity index (χ4v) is 4.39. The third-order valence-electron chi connectivity index (χ3n) is 5.71. The molecule has 2 rings (SSSR count). The van der Waals surface area contributed by atoms with E-state index >= 15 is 0 Å². The zero-order chi connectivity index (χ0) is 24.5. The highest BCUT2D eigenvalue weighted by Gasteiger charge is 2.53. The van der Waals surface area contributed by atoms with Gasteiger partial charge in [0.15, 0.2) is 11.2 Å². The lowest BCUT2D eigenvalue weighted by Crippen LogP contribution is -2.58. The molecule has 178 valence electrons. The van der Waals surface area contributed by atoms with E-state index in [1.165, 1.54) is 19.1 Å². The molecule has 0 aliphatic heterocycles. The van der Waals surface area contributed by atoms with Crippen molar-refractivity contribution >= 4 is 25.9 Å². The van der Waals surface area contributed by atoms with Gasteiger partial charge in [-0.15, -0.1) is 0 Å². The maximum absolute atomic E-state index is 13.7. The van der Waals surface area contributed by atoms with Gasteiger partial charge in [-0.05, 0) is 57.0 Å². The first-order chi connectivity index (χ1) is 14.6. The summed E-state index contributed by atoms with van der Waals surface area (Å²) in [5.74, 6) is -0.432. The third-order valence-corrected chi connectivity index (χ3v) is 7.41. The van der Waals surface area contributed by atoms with Crippen molar-refractivity contribution in [2.75, 3.05) is 20.8 Å². The summed E-state index contributed by atoms with van der Waals surface area (Å²) >= 11 is 0. The van der Waals surface area contributed by atoms with Crippen LogP contribution >= 0.6 is 0 Å². The molecule has 7 nitrogen and oxygen atoms in total. The Hall–Kier alpha value is -2.35. The Kier molecular flexibility index (Phi) is 7.49. The van der Waals surface area contributed by atoms with E-state index in [4.69, 9.17) is 14.2 Å². The topological polar surface area (TPSA) is 82.1 Å². The summed E-state index contributed by atoms with van der Waals surface area (Å²) in [7, 11) is 1.64. The molecule has 8 heteroatoms. The molecule has 0 unspecified atom stereocenters. The summed E-state index contributed by atoms with van der Waals surface area (Å²) in [5.41, 5.74) is -0.889. The second-order valence-corrected chi connectivity index (χ2v) is 16.4. The van der Waals surface area contributed by atoms with Gasteiger partial charge in [-0.2, -0.15) is 0 Å². The zero-order valence-electron chi connectivity index (χ0n) is 20.8. The number of amides is 1. The molecule has 0 aromatic heterocycles. The summed E-state index contributed by atoms with van der Waals surface area (Å²) in [6.07, 6.45) is -0.326. The zero-order valence-corrected chi connectivity index (χ0v) is 21.8. The molecule has 1 aromatic rings. The van der Waals surface area contributed by atoms with Crippen molar-refractivity contribution in [3.63, 3.8) is 0 Å². The number of carbonyl (C=O) groups excluding carboxylic acids is 3. The molecular formula is C24H37NO6Si. The van der Waals surface area contributed by atoms with Gasteiger partial charge in [-0.3, -0.25) is 9.59 Å². The SMILES string of the molecule is COc1ccc2c(c1)[C@@](C)(C(=O)OCC[Si](C)(C)C)C(=O)[C@H](N(C)C(=O)OC(C)(C)C)C2. The van der Waals surface area contributed by atoms with Gasteiger partial charge in [0.1, 0.15) is 11.4 Å². The minimum absolute atomic E-state index is 0.267. The van der Waals surface area contributed by atoms with Crippen LogP contribution in [0, 0.1) is 0 Å². The van der Waals surface area contributed by atoms with E-state index in [0.29, 0.717) is 11.3 Å². The highest BCUT2D eigenvalue weighted by Crippen LogP contribution is 2.39. The summed E-state index contributed by atoms with van der Waals surface area (Å²) in [6.45, 7) is 13.7. The van der Waals surface area contributed by atoms with Gasteiger partial charge < -0.3 is 19.1 Å². The molecule has 0 heterocycles. The average molecular weight is 464 g/mol. The summed E-state index contributed by atoms with van der Waals surface area (Å²) < 4.78 is 16.4. The van der Waals surface area contributed by atoms with Gasteiger partial charge in [-0.1, -0.05) is 25.7 Å². The molecule has 0 fully saturated rings. The van der Waals surface area contributed by atoms with Crippen molar-refractivity contribution in [1.82, 2.24) is 4.90 Å². The first-order valence-corrected chi connectivity index (χ1v) is 14.7. The number of Topliss-reactive ketones (excluding diaryl/α,β-unsaturated/α-hetero) is 1. The second kappa shape index (κ2) is 9.25. The molecule has 32 heavy (non-hydrogen) atoms. The minimum Gasteiger partial charge on any atom is -0.497 e. The number of benzene rings is 1. The first kappa shape index (κ1) is 25.9. The minimum atomic E-state index is -1.55. The van der Waals surface area contributed by atoms with Crippen LogP contribution in [0.3, 0.4) is 0 Å². The van der Waals surface area contributed by atoms with E-state index in [1.54, 1.807) is 39.8 Å². The van der Waals surface area contributed by atoms with Gasteiger partial charge in [0, 0.05) is 21.5 Å². The fraction of sp³-hybridized carbons (Fsp3) is 0.625. The number of hydrogen-bond donors (Lipinski definition) is 0. The predicted octanol–water partition coefficient (Wildman–Crippen LogP) is 4.20. The maximum atomic E-state index is 13.7. The molecule has 1 aliphatic rings. The van der Waals surface area contributed by atoms with E-state index in [0.717, 1.165) is 11.6 Å². The van der Waals surface area contributed by atoms with Crippen molar-refractivity contribution in [1.29, 1.82) is 0 Å². The van der Waals surface area contributed by atoms with Gasteiger partial charge >= 0.3 is 12.1 Å². The van der Waals surface area contributed by atoms with Crippen LogP contribution in [0.1, 0.15) is 38.8 Å². The smallest absolute Gasteiger partial charge is 0.410 e. The van der Waals surface area contributed by atoms with E-state index in [2.05, 4.69) is 19.6 Å². The number of fused-ring (bicyclic) bond motifs is 1. The van der Waals surface area contributed by atoms with Crippen molar-refractivity contribution in [3.05, 3.63) is 29.3 Å². The molecule has 0 spiro atoms. The monoisotopic (exact) mass is 463 g/mol. The Labute approximate surface area is 192 Å². The summed E-state index contributed by atoms with van der Waals surface area (Å²) in [4.78, 5) is 41.1. The molecule has 0 radical (unpaired) electrons. The summed E-state index contributed by atoms with van der Waals surface area (Å²) in [6, 6.07) is 5.30. The Bertz CT molecular complexity index is 885. The van der Waals surface area contributed by atoms with Gasteiger partial charge in [0.25, 0.3) is 0 Å². The van der Waals surface area contributed by atoms with Gasteiger partial charge in [-0.25, -0.2) is 4.79 Å². The maximum Gasteiger partial charge on any atom is 0.410 e. The van der Waals surface area contributed by atoms with Gasteiger partial charge in [0.05, 0.1) is 19.8 Å². The number of nitrogens with zero attached hydrogens (tertiary/aromatic N) is 1. The lowest BCUT2D eigenvalue weighted by molar-refractivity contribution is -0.155. The number of ketones is 1. The highest BCUT2D eigenvalue weighted by atomic mass is 28.3. The van der Waals surface area contributed by atoms with Crippen molar-refractivity contribution in [2.24, 2.45) is 0 Å². The van der Waals surface area contributed by atoms with Crippen LogP contribution in [-0.2, 0) is 30.9 Å².